The van der Waals surface area contributed by atoms with Gasteiger partial charge in [-0.05, 0) is 31.8 Å². The van der Waals surface area contributed by atoms with E-state index < -0.39 is 0 Å². The van der Waals surface area contributed by atoms with Crippen molar-refractivity contribution in [1.82, 2.24) is 19.9 Å². The molecule has 0 aliphatic carbocycles. The Morgan fingerprint density at radius 2 is 1.95 bits per heavy atom. The third-order valence-electron chi connectivity index (χ3n) is 3.95. The van der Waals surface area contributed by atoms with Gasteiger partial charge in [0.15, 0.2) is 5.82 Å². The van der Waals surface area contributed by atoms with Gasteiger partial charge >= 0.3 is 0 Å². The van der Waals surface area contributed by atoms with Crippen LogP contribution in [0.3, 0.4) is 0 Å². The quantitative estimate of drug-likeness (QED) is 0.805. The molecular formula is C16H28N4O2. The molecule has 22 heavy (non-hydrogen) atoms. The Morgan fingerprint density at radius 1 is 1.27 bits per heavy atom. The van der Waals surface area contributed by atoms with E-state index in [0.717, 1.165) is 19.5 Å². The molecule has 0 bridgehead atoms. The number of likely N-dealkylation sites (tertiary alicyclic amines) is 1. The molecule has 0 atom stereocenters. The minimum absolute atomic E-state index is 0.122. The SMILES string of the molecule is CC(C)Cc1nc(CN(C)C(=O)CN2CCCCCC2)no1. The van der Waals surface area contributed by atoms with Gasteiger partial charge in [-0.15, -0.1) is 0 Å². The summed E-state index contributed by atoms with van der Waals surface area (Å²) in [5.41, 5.74) is 0. The number of aromatic nitrogens is 2. The van der Waals surface area contributed by atoms with E-state index in [-0.39, 0.29) is 5.91 Å². The Kier molecular flexibility index (Phi) is 6.36. The van der Waals surface area contributed by atoms with Crippen LogP contribution in [-0.2, 0) is 17.8 Å². The van der Waals surface area contributed by atoms with Crippen molar-refractivity contribution < 1.29 is 9.32 Å². The van der Waals surface area contributed by atoms with Crippen molar-refractivity contribution in [3.63, 3.8) is 0 Å². The molecule has 124 valence electrons. The van der Waals surface area contributed by atoms with E-state index in [1.807, 2.05) is 0 Å². The highest BCUT2D eigenvalue weighted by molar-refractivity contribution is 5.77. The standard InChI is InChI=1S/C16H28N4O2/c1-13(2)10-15-17-14(18-22-15)11-19(3)16(21)12-20-8-6-4-5-7-9-20/h13H,4-12H2,1-3H3. The fourth-order valence-corrected chi connectivity index (χ4v) is 2.69. The van der Waals surface area contributed by atoms with Gasteiger partial charge in [0, 0.05) is 13.5 Å². The van der Waals surface area contributed by atoms with Crippen molar-refractivity contribution in [2.75, 3.05) is 26.7 Å². The average Bonchev–Trinajstić information content (AvgIpc) is 2.72. The van der Waals surface area contributed by atoms with Crippen LogP contribution in [0.25, 0.3) is 0 Å². The summed E-state index contributed by atoms with van der Waals surface area (Å²) in [4.78, 5) is 20.6. The number of carbonyl (C=O) groups is 1. The highest BCUT2D eigenvalue weighted by atomic mass is 16.5. The lowest BCUT2D eigenvalue weighted by atomic mass is 10.1. The van der Waals surface area contributed by atoms with Crippen LogP contribution in [0, 0.1) is 5.92 Å². The lowest BCUT2D eigenvalue weighted by molar-refractivity contribution is -0.131. The van der Waals surface area contributed by atoms with Crippen molar-refractivity contribution in [3.05, 3.63) is 11.7 Å². The van der Waals surface area contributed by atoms with Crippen molar-refractivity contribution in [1.29, 1.82) is 0 Å². The molecule has 0 N–H and O–H groups in total. The zero-order valence-corrected chi connectivity index (χ0v) is 14.0. The molecule has 1 aliphatic heterocycles. The first-order valence-electron chi connectivity index (χ1n) is 8.32. The normalized spacial score (nSPS) is 16.7. The van der Waals surface area contributed by atoms with Crippen LogP contribution < -0.4 is 0 Å². The first kappa shape index (κ1) is 16.9. The number of amides is 1. The molecule has 2 heterocycles. The zero-order valence-electron chi connectivity index (χ0n) is 14.0. The van der Waals surface area contributed by atoms with E-state index in [1.165, 1.54) is 25.7 Å². The van der Waals surface area contributed by atoms with Crippen LogP contribution in [0.4, 0.5) is 0 Å². The van der Waals surface area contributed by atoms with E-state index in [2.05, 4.69) is 28.9 Å². The second-order valence-corrected chi connectivity index (χ2v) is 6.64. The lowest BCUT2D eigenvalue weighted by Crippen LogP contribution is -2.38. The Hall–Kier alpha value is -1.43. The molecule has 0 unspecified atom stereocenters. The van der Waals surface area contributed by atoms with E-state index in [0.29, 0.717) is 30.7 Å². The number of rotatable bonds is 6. The fraction of sp³-hybridized carbons (Fsp3) is 0.812. The Morgan fingerprint density at radius 3 is 2.59 bits per heavy atom. The predicted octanol–water partition coefficient (Wildman–Crippen LogP) is 2.10. The van der Waals surface area contributed by atoms with Crippen molar-refractivity contribution >= 4 is 5.91 Å². The highest BCUT2D eigenvalue weighted by Crippen LogP contribution is 2.10. The smallest absolute Gasteiger partial charge is 0.236 e. The third kappa shape index (κ3) is 5.40. The van der Waals surface area contributed by atoms with Gasteiger partial charge in [0.2, 0.25) is 11.8 Å². The molecule has 2 rings (SSSR count). The second kappa shape index (κ2) is 8.27. The van der Waals surface area contributed by atoms with Gasteiger partial charge in [0.05, 0.1) is 13.1 Å². The molecule has 1 saturated heterocycles. The molecule has 6 heteroatoms. The molecule has 0 radical (unpaired) electrons. The molecule has 1 fully saturated rings. The minimum Gasteiger partial charge on any atom is -0.339 e. The van der Waals surface area contributed by atoms with Crippen molar-refractivity contribution in [2.45, 2.75) is 52.5 Å². The Labute approximate surface area is 132 Å². The van der Waals surface area contributed by atoms with Crippen LogP contribution in [0.1, 0.15) is 51.2 Å². The van der Waals surface area contributed by atoms with E-state index in [9.17, 15) is 4.79 Å². The molecule has 0 aromatic carbocycles. The number of carbonyl (C=O) groups excluding carboxylic acids is 1. The average molecular weight is 308 g/mol. The maximum Gasteiger partial charge on any atom is 0.236 e. The van der Waals surface area contributed by atoms with Crippen LogP contribution >= 0.6 is 0 Å². The van der Waals surface area contributed by atoms with Gasteiger partial charge in [-0.2, -0.15) is 4.98 Å². The summed E-state index contributed by atoms with van der Waals surface area (Å²) in [7, 11) is 1.80. The molecule has 0 spiro atoms. The summed E-state index contributed by atoms with van der Waals surface area (Å²) in [5.74, 6) is 1.84. The van der Waals surface area contributed by atoms with Gasteiger partial charge < -0.3 is 9.42 Å². The summed E-state index contributed by atoms with van der Waals surface area (Å²) in [6.07, 6.45) is 5.73. The first-order valence-corrected chi connectivity index (χ1v) is 8.32. The lowest BCUT2D eigenvalue weighted by Gasteiger charge is -2.22. The summed E-state index contributed by atoms with van der Waals surface area (Å²) in [6, 6.07) is 0. The fourth-order valence-electron chi connectivity index (χ4n) is 2.69. The first-order chi connectivity index (χ1) is 10.5. The summed E-state index contributed by atoms with van der Waals surface area (Å²) in [6.45, 7) is 7.18. The van der Waals surface area contributed by atoms with Crippen molar-refractivity contribution in [2.24, 2.45) is 5.92 Å². The number of hydrogen-bond acceptors (Lipinski definition) is 5. The van der Waals surface area contributed by atoms with Gasteiger partial charge in [0.1, 0.15) is 0 Å². The van der Waals surface area contributed by atoms with Gasteiger partial charge in [-0.25, -0.2) is 0 Å². The highest BCUT2D eigenvalue weighted by Gasteiger charge is 2.18. The van der Waals surface area contributed by atoms with Crippen LogP contribution in [0.5, 0.6) is 0 Å². The van der Waals surface area contributed by atoms with Gasteiger partial charge in [0.25, 0.3) is 0 Å². The topological polar surface area (TPSA) is 62.5 Å². The monoisotopic (exact) mass is 308 g/mol. The Bertz CT molecular complexity index is 464. The zero-order chi connectivity index (χ0) is 15.9. The molecule has 1 aliphatic rings. The predicted molar refractivity (Wildman–Crippen MR) is 84.2 cm³/mol. The van der Waals surface area contributed by atoms with Crippen LogP contribution in [-0.4, -0.2) is 52.5 Å². The van der Waals surface area contributed by atoms with E-state index in [1.54, 1.807) is 11.9 Å². The number of nitrogens with zero attached hydrogens (tertiary/aromatic N) is 4. The minimum atomic E-state index is 0.122. The molecule has 0 saturated carbocycles. The third-order valence-corrected chi connectivity index (χ3v) is 3.95. The maximum atomic E-state index is 12.3. The molecule has 1 aromatic rings. The Balaban J connectivity index is 1.81. The summed E-state index contributed by atoms with van der Waals surface area (Å²) in [5, 5.41) is 3.96. The van der Waals surface area contributed by atoms with E-state index in [4.69, 9.17) is 4.52 Å². The second-order valence-electron chi connectivity index (χ2n) is 6.64. The molecule has 1 aromatic heterocycles. The van der Waals surface area contributed by atoms with Gasteiger partial charge in [-0.1, -0.05) is 31.8 Å². The molecule has 1 amide bonds. The van der Waals surface area contributed by atoms with Crippen molar-refractivity contribution in [3.8, 4) is 0 Å². The molecular weight excluding hydrogens is 280 g/mol. The van der Waals surface area contributed by atoms with Crippen LogP contribution in [0.15, 0.2) is 4.52 Å². The molecule has 6 nitrogen and oxygen atoms in total. The summed E-state index contributed by atoms with van der Waals surface area (Å²) >= 11 is 0. The largest absolute Gasteiger partial charge is 0.339 e. The number of likely N-dealkylation sites (N-methyl/N-ethyl adjacent to an activating group) is 1. The van der Waals surface area contributed by atoms with E-state index >= 15 is 0 Å². The van der Waals surface area contributed by atoms with Crippen LogP contribution in [0.2, 0.25) is 0 Å². The number of hydrogen-bond donors (Lipinski definition) is 0. The summed E-state index contributed by atoms with van der Waals surface area (Å²) < 4.78 is 5.21. The van der Waals surface area contributed by atoms with Gasteiger partial charge in [-0.3, -0.25) is 9.69 Å². The maximum absolute atomic E-state index is 12.3.